The van der Waals surface area contributed by atoms with Gasteiger partial charge in [0.05, 0.1) is 18.6 Å². The maximum Gasteiger partial charge on any atom is 0.246 e. The van der Waals surface area contributed by atoms with E-state index in [1.165, 1.54) is 17.2 Å². The zero-order chi connectivity index (χ0) is 15.5. The van der Waals surface area contributed by atoms with E-state index in [9.17, 15) is 13.2 Å². The fraction of sp³-hybridized carbons (Fsp3) is 0.750. The standard InChI is InChI=1S/C12H21N5O3S/c1-3-4-10-7-16(8-11(10)15-21(2,19)20)12(18)9-17-13-5-6-14-17/h5-6,10-11,15H,3-4,7-9H2,1-2H3. The van der Waals surface area contributed by atoms with E-state index in [0.717, 1.165) is 19.1 Å². The molecule has 0 aromatic carbocycles. The van der Waals surface area contributed by atoms with Crippen LogP contribution in [0.25, 0.3) is 0 Å². The number of amides is 1. The Balaban J connectivity index is 2.00. The third kappa shape index (κ3) is 4.50. The Morgan fingerprint density at radius 2 is 2.00 bits per heavy atom. The molecular formula is C12H21N5O3S. The fourth-order valence-electron chi connectivity index (χ4n) is 2.69. The summed E-state index contributed by atoms with van der Waals surface area (Å²) in [5.74, 6) is 0.0596. The van der Waals surface area contributed by atoms with Crippen LogP contribution in [0.4, 0.5) is 0 Å². The second kappa shape index (κ2) is 6.52. The summed E-state index contributed by atoms with van der Waals surface area (Å²) in [7, 11) is -3.28. The Morgan fingerprint density at radius 3 is 2.57 bits per heavy atom. The molecule has 9 heteroatoms. The Labute approximate surface area is 124 Å². The van der Waals surface area contributed by atoms with Gasteiger partial charge in [0, 0.05) is 19.1 Å². The lowest BCUT2D eigenvalue weighted by atomic mass is 9.99. The van der Waals surface area contributed by atoms with Gasteiger partial charge in [-0.2, -0.15) is 15.0 Å². The molecule has 1 aromatic heterocycles. The van der Waals surface area contributed by atoms with Crippen LogP contribution < -0.4 is 4.72 Å². The van der Waals surface area contributed by atoms with Gasteiger partial charge < -0.3 is 4.90 Å². The van der Waals surface area contributed by atoms with E-state index in [4.69, 9.17) is 0 Å². The highest BCUT2D eigenvalue weighted by Gasteiger charge is 2.36. The summed E-state index contributed by atoms with van der Waals surface area (Å²) in [6.07, 6.45) is 6.02. The summed E-state index contributed by atoms with van der Waals surface area (Å²) < 4.78 is 25.5. The van der Waals surface area contributed by atoms with Crippen LogP contribution in [-0.4, -0.2) is 59.6 Å². The monoisotopic (exact) mass is 315 g/mol. The van der Waals surface area contributed by atoms with Crippen LogP contribution in [0.1, 0.15) is 19.8 Å². The molecule has 2 unspecified atom stereocenters. The Hall–Kier alpha value is -1.48. The molecule has 1 aliphatic heterocycles. The topological polar surface area (TPSA) is 97.2 Å². The average Bonchev–Trinajstić information content (AvgIpc) is 2.99. The smallest absolute Gasteiger partial charge is 0.246 e. The predicted octanol–water partition coefficient (Wildman–Crippen LogP) is -0.546. The Kier molecular flexibility index (Phi) is 4.94. The first kappa shape index (κ1) is 15.9. The van der Waals surface area contributed by atoms with Crippen molar-refractivity contribution in [2.75, 3.05) is 19.3 Å². The molecule has 0 bridgehead atoms. The number of likely N-dealkylation sites (tertiary alicyclic amines) is 1. The number of hydrogen-bond donors (Lipinski definition) is 1. The van der Waals surface area contributed by atoms with Crippen LogP contribution in [0.2, 0.25) is 0 Å². The molecule has 2 heterocycles. The summed E-state index contributed by atoms with van der Waals surface area (Å²) >= 11 is 0. The third-order valence-electron chi connectivity index (χ3n) is 3.56. The lowest BCUT2D eigenvalue weighted by Gasteiger charge is -2.17. The SMILES string of the molecule is CCCC1CN(C(=O)Cn2nccn2)CC1NS(C)(=O)=O. The van der Waals surface area contributed by atoms with Gasteiger partial charge in [0.2, 0.25) is 15.9 Å². The number of nitrogens with one attached hydrogen (secondary N) is 1. The minimum Gasteiger partial charge on any atom is -0.339 e. The van der Waals surface area contributed by atoms with E-state index in [2.05, 4.69) is 21.8 Å². The van der Waals surface area contributed by atoms with Gasteiger partial charge in [0.25, 0.3) is 0 Å². The molecule has 0 saturated carbocycles. The van der Waals surface area contributed by atoms with E-state index >= 15 is 0 Å². The molecule has 118 valence electrons. The van der Waals surface area contributed by atoms with Gasteiger partial charge in [-0.05, 0) is 12.3 Å². The predicted molar refractivity (Wildman–Crippen MR) is 76.8 cm³/mol. The maximum absolute atomic E-state index is 12.2. The molecule has 21 heavy (non-hydrogen) atoms. The van der Waals surface area contributed by atoms with Crippen LogP contribution in [0.5, 0.6) is 0 Å². The second-order valence-electron chi connectivity index (χ2n) is 5.40. The van der Waals surface area contributed by atoms with Crippen molar-refractivity contribution in [2.24, 2.45) is 5.92 Å². The Bertz CT molecular complexity index is 572. The molecule has 1 saturated heterocycles. The van der Waals surface area contributed by atoms with Gasteiger partial charge in [-0.25, -0.2) is 13.1 Å². The molecule has 2 atom stereocenters. The molecular weight excluding hydrogens is 294 g/mol. The van der Waals surface area contributed by atoms with Crippen molar-refractivity contribution in [2.45, 2.75) is 32.4 Å². The van der Waals surface area contributed by atoms with Crippen LogP contribution in [0, 0.1) is 5.92 Å². The van der Waals surface area contributed by atoms with Crippen LogP contribution in [-0.2, 0) is 21.4 Å². The van der Waals surface area contributed by atoms with Gasteiger partial charge in [-0.15, -0.1) is 0 Å². The molecule has 0 radical (unpaired) electrons. The molecule has 1 aliphatic rings. The van der Waals surface area contributed by atoms with Crippen molar-refractivity contribution >= 4 is 15.9 Å². The third-order valence-corrected chi connectivity index (χ3v) is 4.29. The lowest BCUT2D eigenvalue weighted by Crippen LogP contribution is -2.40. The van der Waals surface area contributed by atoms with Crippen LogP contribution in [0.15, 0.2) is 12.4 Å². The van der Waals surface area contributed by atoms with Gasteiger partial charge >= 0.3 is 0 Å². The lowest BCUT2D eigenvalue weighted by molar-refractivity contribution is -0.131. The maximum atomic E-state index is 12.2. The van der Waals surface area contributed by atoms with Gasteiger partial charge in [-0.3, -0.25) is 4.79 Å². The number of carbonyl (C=O) groups is 1. The first-order chi connectivity index (χ1) is 9.89. The van der Waals surface area contributed by atoms with E-state index in [1.54, 1.807) is 4.90 Å². The summed E-state index contributed by atoms with van der Waals surface area (Å²) in [5, 5.41) is 7.82. The first-order valence-corrected chi connectivity index (χ1v) is 8.87. The Morgan fingerprint density at radius 1 is 1.33 bits per heavy atom. The van der Waals surface area contributed by atoms with Crippen molar-refractivity contribution in [3.05, 3.63) is 12.4 Å². The number of sulfonamides is 1. The summed E-state index contributed by atoms with van der Waals surface area (Å²) in [6, 6.07) is -0.213. The van der Waals surface area contributed by atoms with Crippen molar-refractivity contribution in [3.63, 3.8) is 0 Å². The molecule has 0 spiro atoms. The van der Waals surface area contributed by atoms with E-state index in [-0.39, 0.29) is 24.4 Å². The molecule has 1 aromatic rings. The first-order valence-electron chi connectivity index (χ1n) is 6.98. The summed E-state index contributed by atoms with van der Waals surface area (Å²) in [4.78, 5) is 15.2. The van der Waals surface area contributed by atoms with Gasteiger partial charge in [-0.1, -0.05) is 13.3 Å². The van der Waals surface area contributed by atoms with E-state index in [0.29, 0.717) is 13.1 Å². The normalized spacial score (nSPS) is 22.7. The van der Waals surface area contributed by atoms with Gasteiger partial charge in [0.15, 0.2) is 0 Å². The van der Waals surface area contributed by atoms with E-state index in [1.807, 2.05) is 0 Å². The highest BCUT2D eigenvalue weighted by molar-refractivity contribution is 7.88. The second-order valence-corrected chi connectivity index (χ2v) is 7.18. The minimum atomic E-state index is -3.28. The average molecular weight is 315 g/mol. The molecule has 1 N–H and O–H groups in total. The fourth-order valence-corrected chi connectivity index (χ4v) is 3.51. The number of aromatic nitrogens is 3. The highest BCUT2D eigenvalue weighted by Crippen LogP contribution is 2.22. The van der Waals surface area contributed by atoms with Crippen molar-refractivity contribution in [1.29, 1.82) is 0 Å². The number of hydrogen-bond acceptors (Lipinski definition) is 5. The van der Waals surface area contributed by atoms with Crippen molar-refractivity contribution in [3.8, 4) is 0 Å². The van der Waals surface area contributed by atoms with Crippen molar-refractivity contribution in [1.82, 2.24) is 24.6 Å². The molecule has 0 aliphatic carbocycles. The zero-order valence-corrected chi connectivity index (χ0v) is 13.1. The molecule has 2 rings (SSSR count). The highest BCUT2D eigenvalue weighted by atomic mass is 32.2. The molecule has 1 fully saturated rings. The number of carbonyl (C=O) groups excluding carboxylic acids is 1. The van der Waals surface area contributed by atoms with Crippen LogP contribution >= 0.6 is 0 Å². The number of rotatable bonds is 6. The molecule has 8 nitrogen and oxygen atoms in total. The quantitative estimate of drug-likeness (QED) is 0.760. The van der Waals surface area contributed by atoms with Crippen LogP contribution in [0.3, 0.4) is 0 Å². The summed E-state index contributed by atoms with van der Waals surface area (Å²) in [5.41, 5.74) is 0. The largest absolute Gasteiger partial charge is 0.339 e. The molecule has 1 amide bonds. The summed E-state index contributed by atoms with van der Waals surface area (Å²) in [6.45, 7) is 3.10. The van der Waals surface area contributed by atoms with Crippen molar-refractivity contribution < 1.29 is 13.2 Å². The van der Waals surface area contributed by atoms with E-state index < -0.39 is 10.0 Å². The van der Waals surface area contributed by atoms with Gasteiger partial charge in [0.1, 0.15) is 6.54 Å². The number of nitrogens with zero attached hydrogens (tertiary/aromatic N) is 4. The zero-order valence-electron chi connectivity index (χ0n) is 12.3. The minimum absolute atomic E-state index is 0.0808.